The van der Waals surface area contributed by atoms with Crippen LogP contribution < -0.4 is 10.1 Å². The highest BCUT2D eigenvalue weighted by Gasteiger charge is 2.16. The standard InChI is InChI=1S/C24H25N3O2/c1-17-6-5-7-19(16-17)23-25-15-14-22(27-23)29-21-12-10-18(11-13-21)24(28)26-20-8-3-2-4-9-20/h5-7,10-16,20H,2-4,8-9H2,1H3,(H,26,28). The van der Waals surface area contributed by atoms with Crippen LogP contribution in [-0.2, 0) is 0 Å². The molecule has 0 spiro atoms. The van der Waals surface area contributed by atoms with Crippen LogP contribution in [0, 0.1) is 6.92 Å². The Morgan fingerprint density at radius 1 is 1.03 bits per heavy atom. The van der Waals surface area contributed by atoms with E-state index in [4.69, 9.17) is 4.74 Å². The van der Waals surface area contributed by atoms with Crippen molar-refractivity contribution in [1.29, 1.82) is 0 Å². The first-order valence-corrected chi connectivity index (χ1v) is 10.2. The minimum absolute atomic E-state index is 0.0211. The minimum atomic E-state index is -0.0211. The van der Waals surface area contributed by atoms with Gasteiger partial charge in [0.15, 0.2) is 5.82 Å². The summed E-state index contributed by atoms with van der Waals surface area (Å²) in [7, 11) is 0. The fourth-order valence-electron chi connectivity index (χ4n) is 3.63. The van der Waals surface area contributed by atoms with E-state index in [9.17, 15) is 4.79 Å². The van der Waals surface area contributed by atoms with E-state index in [0.717, 1.165) is 24.0 Å². The molecule has 3 aromatic rings. The van der Waals surface area contributed by atoms with Crippen LogP contribution in [0.5, 0.6) is 11.6 Å². The maximum atomic E-state index is 12.4. The lowest BCUT2D eigenvalue weighted by Gasteiger charge is -2.22. The lowest BCUT2D eigenvalue weighted by molar-refractivity contribution is 0.0927. The predicted molar refractivity (Wildman–Crippen MR) is 113 cm³/mol. The van der Waals surface area contributed by atoms with Gasteiger partial charge in [0, 0.05) is 29.4 Å². The van der Waals surface area contributed by atoms with Crippen molar-refractivity contribution in [2.75, 3.05) is 0 Å². The predicted octanol–water partition coefficient (Wildman–Crippen LogP) is 5.31. The Balaban J connectivity index is 1.42. The number of amides is 1. The van der Waals surface area contributed by atoms with Crippen LogP contribution in [0.2, 0.25) is 0 Å². The number of rotatable bonds is 5. The zero-order chi connectivity index (χ0) is 20.1. The van der Waals surface area contributed by atoms with Crippen molar-refractivity contribution in [3.63, 3.8) is 0 Å². The molecule has 1 amide bonds. The average molecular weight is 387 g/mol. The normalized spacial score (nSPS) is 14.4. The molecule has 1 heterocycles. The van der Waals surface area contributed by atoms with Gasteiger partial charge in [-0.2, -0.15) is 4.98 Å². The molecule has 1 aromatic heterocycles. The number of benzene rings is 2. The van der Waals surface area contributed by atoms with Gasteiger partial charge in [-0.25, -0.2) is 4.98 Å². The van der Waals surface area contributed by atoms with E-state index in [1.54, 1.807) is 36.5 Å². The van der Waals surface area contributed by atoms with Crippen LogP contribution in [-0.4, -0.2) is 21.9 Å². The molecule has 1 aliphatic rings. The molecule has 0 bridgehead atoms. The van der Waals surface area contributed by atoms with E-state index in [0.29, 0.717) is 29.1 Å². The first kappa shape index (κ1) is 19.1. The Morgan fingerprint density at radius 2 is 1.83 bits per heavy atom. The third-order valence-corrected chi connectivity index (χ3v) is 5.19. The van der Waals surface area contributed by atoms with E-state index in [2.05, 4.69) is 15.3 Å². The van der Waals surface area contributed by atoms with E-state index in [1.165, 1.54) is 19.3 Å². The van der Waals surface area contributed by atoms with Crippen molar-refractivity contribution < 1.29 is 9.53 Å². The third kappa shape index (κ3) is 4.99. The van der Waals surface area contributed by atoms with Crippen LogP contribution >= 0.6 is 0 Å². The zero-order valence-corrected chi connectivity index (χ0v) is 16.6. The van der Waals surface area contributed by atoms with Crippen LogP contribution in [0.1, 0.15) is 48.0 Å². The molecule has 0 unspecified atom stereocenters. The van der Waals surface area contributed by atoms with Gasteiger partial charge in [-0.05, 0) is 50.1 Å². The average Bonchev–Trinajstić information content (AvgIpc) is 2.75. The van der Waals surface area contributed by atoms with Gasteiger partial charge in [0.1, 0.15) is 5.75 Å². The van der Waals surface area contributed by atoms with Crippen molar-refractivity contribution in [3.05, 3.63) is 71.9 Å². The summed E-state index contributed by atoms with van der Waals surface area (Å²) in [4.78, 5) is 21.3. The number of carbonyl (C=O) groups is 1. The maximum absolute atomic E-state index is 12.4. The van der Waals surface area contributed by atoms with Gasteiger partial charge in [-0.3, -0.25) is 4.79 Å². The Kier molecular flexibility index (Phi) is 5.84. The largest absolute Gasteiger partial charge is 0.439 e. The van der Waals surface area contributed by atoms with Crippen molar-refractivity contribution in [2.45, 2.75) is 45.1 Å². The number of aromatic nitrogens is 2. The van der Waals surface area contributed by atoms with Gasteiger partial charge in [0.05, 0.1) is 0 Å². The highest BCUT2D eigenvalue weighted by molar-refractivity contribution is 5.94. The topological polar surface area (TPSA) is 64.1 Å². The summed E-state index contributed by atoms with van der Waals surface area (Å²) in [5.41, 5.74) is 2.75. The molecule has 1 aliphatic carbocycles. The highest BCUT2D eigenvalue weighted by Crippen LogP contribution is 2.23. The number of hydrogen-bond acceptors (Lipinski definition) is 4. The van der Waals surface area contributed by atoms with Gasteiger partial charge < -0.3 is 10.1 Å². The van der Waals surface area contributed by atoms with Crippen LogP contribution in [0.3, 0.4) is 0 Å². The van der Waals surface area contributed by atoms with Crippen molar-refractivity contribution in [3.8, 4) is 23.0 Å². The van der Waals surface area contributed by atoms with Crippen molar-refractivity contribution >= 4 is 5.91 Å². The summed E-state index contributed by atoms with van der Waals surface area (Å²) in [6, 6.07) is 17.2. The molecular formula is C24H25N3O2. The molecule has 4 rings (SSSR count). The third-order valence-electron chi connectivity index (χ3n) is 5.19. The number of nitrogens with one attached hydrogen (secondary N) is 1. The van der Waals surface area contributed by atoms with Crippen molar-refractivity contribution in [2.24, 2.45) is 0 Å². The van der Waals surface area contributed by atoms with Crippen LogP contribution in [0.4, 0.5) is 0 Å². The summed E-state index contributed by atoms with van der Waals surface area (Å²) in [5.74, 6) is 1.70. The molecule has 0 aliphatic heterocycles. The summed E-state index contributed by atoms with van der Waals surface area (Å²) >= 11 is 0. The number of hydrogen-bond donors (Lipinski definition) is 1. The first-order valence-electron chi connectivity index (χ1n) is 10.2. The molecule has 0 radical (unpaired) electrons. The van der Waals surface area contributed by atoms with E-state index < -0.39 is 0 Å². The van der Waals surface area contributed by atoms with Gasteiger partial charge >= 0.3 is 0 Å². The fraction of sp³-hybridized carbons (Fsp3) is 0.292. The Hall–Kier alpha value is -3.21. The molecule has 1 fully saturated rings. The number of aryl methyl sites for hydroxylation is 1. The summed E-state index contributed by atoms with van der Waals surface area (Å²) in [5, 5.41) is 3.13. The molecule has 0 atom stereocenters. The number of nitrogens with zero attached hydrogens (tertiary/aromatic N) is 2. The Bertz CT molecular complexity index is 979. The van der Waals surface area contributed by atoms with Gasteiger partial charge in [0.25, 0.3) is 5.91 Å². The maximum Gasteiger partial charge on any atom is 0.251 e. The molecule has 1 N–H and O–H groups in total. The van der Waals surface area contributed by atoms with Crippen LogP contribution in [0.15, 0.2) is 60.8 Å². The molecule has 29 heavy (non-hydrogen) atoms. The molecule has 2 aromatic carbocycles. The smallest absolute Gasteiger partial charge is 0.251 e. The number of ether oxygens (including phenoxy) is 1. The van der Waals surface area contributed by atoms with Gasteiger partial charge in [-0.15, -0.1) is 0 Å². The lowest BCUT2D eigenvalue weighted by atomic mass is 9.95. The molecule has 148 valence electrons. The van der Waals surface area contributed by atoms with E-state index >= 15 is 0 Å². The monoisotopic (exact) mass is 387 g/mol. The van der Waals surface area contributed by atoms with Crippen molar-refractivity contribution in [1.82, 2.24) is 15.3 Å². The second-order valence-electron chi connectivity index (χ2n) is 7.52. The minimum Gasteiger partial charge on any atom is -0.439 e. The zero-order valence-electron chi connectivity index (χ0n) is 16.6. The molecule has 5 heteroatoms. The number of carbonyl (C=O) groups excluding carboxylic acids is 1. The molecule has 5 nitrogen and oxygen atoms in total. The SMILES string of the molecule is Cc1cccc(-c2nccc(Oc3ccc(C(=O)NC4CCCCC4)cc3)n2)c1. The fourth-order valence-corrected chi connectivity index (χ4v) is 3.63. The second-order valence-corrected chi connectivity index (χ2v) is 7.52. The first-order chi connectivity index (χ1) is 14.2. The lowest BCUT2D eigenvalue weighted by Crippen LogP contribution is -2.36. The van der Waals surface area contributed by atoms with E-state index in [-0.39, 0.29) is 5.91 Å². The molecule has 0 saturated heterocycles. The molecular weight excluding hydrogens is 362 g/mol. The Labute approximate surface area is 171 Å². The van der Waals surface area contributed by atoms with Crippen LogP contribution in [0.25, 0.3) is 11.4 Å². The summed E-state index contributed by atoms with van der Waals surface area (Å²) < 4.78 is 5.87. The summed E-state index contributed by atoms with van der Waals surface area (Å²) in [6.07, 6.45) is 7.50. The Morgan fingerprint density at radius 3 is 2.59 bits per heavy atom. The van der Waals surface area contributed by atoms with Gasteiger partial charge in [-0.1, -0.05) is 43.0 Å². The quantitative estimate of drug-likeness (QED) is 0.645. The summed E-state index contributed by atoms with van der Waals surface area (Å²) in [6.45, 7) is 2.04. The molecule has 1 saturated carbocycles. The van der Waals surface area contributed by atoms with Gasteiger partial charge in [0.2, 0.25) is 5.88 Å². The highest BCUT2D eigenvalue weighted by atomic mass is 16.5. The van der Waals surface area contributed by atoms with E-state index in [1.807, 2.05) is 31.2 Å². The second kappa shape index (κ2) is 8.86.